The van der Waals surface area contributed by atoms with Crippen LogP contribution in [0.15, 0.2) is 48.5 Å². The lowest BCUT2D eigenvalue weighted by molar-refractivity contribution is -0.121. The van der Waals surface area contributed by atoms with Crippen molar-refractivity contribution in [3.63, 3.8) is 0 Å². The van der Waals surface area contributed by atoms with Crippen LogP contribution in [0.25, 0.3) is 0 Å². The highest BCUT2D eigenvalue weighted by Crippen LogP contribution is 2.29. The van der Waals surface area contributed by atoms with E-state index in [0.29, 0.717) is 18.0 Å². The third-order valence-corrected chi connectivity index (χ3v) is 3.73. The molecule has 24 heavy (non-hydrogen) atoms. The van der Waals surface area contributed by atoms with Crippen molar-refractivity contribution in [1.82, 2.24) is 0 Å². The average Bonchev–Trinajstić information content (AvgIpc) is 2.83. The van der Waals surface area contributed by atoms with Crippen molar-refractivity contribution in [2.75, 3.05) is 16.8 Å². The molecule has 2 aromatic rings. The molecule has 1 aliphatic heterocycles. The Morgan fingerprint density at radius 3 is 2.75 bits per heavy atom. The number of ether oxygens (including phenoxy) is 1. The van der Waals surface area contributed by atoms with Gasteiger partial charge in [0.15, 0.2) is 0 Å². The van der Waals surface area contributed by atoms with Crippen LogP contribution in [0.4, 0.5) is 15.8 Å². The van der Waals surface area contributed by atoms with Crippen LogP contribution in [0.5, 0.6) is 5.75 Å². The van der Waals surface area contributed by atoms with Gasteiger partial charge in [-0.3, -0.25) is 9.59 Å². The van der Waals surface area contributed by atoms with E-state index >= 15 is 0 Å². The van der Waals surface area contributed by atoms with Gasteiger partial charge in [0.05, 0.1) is 24.4 Å². The van der Waals surface area contributed by atoms with Crippen LogP contribution in [-0.4, -0.2) is 24.5 Å². The predicted octanol–water partition coefficient (Wildman–Crippen LogP) is 2.97. The molecule has 0 unspecified atom stereocenters. The summed E-state index contributed by atoms with van der Waals surface area (Å²) in [4.78, 5) is 25.8. The lowest BCUT2D eigenvalue weighted by atomic mass is 10.2. The number of carbonyl (C=O) groups is 2. The zero-order valence-corrected chi connectivity index (χ0v) is 13.2. The molecule has 3 rings (SSSR count). The van der Waals surface area contributed by atoms with E-state index in [1.807, 2.05) is 19.1 Å². The molecule has 0 bridgehead atoms. The van der Waals surface area contributed by atoms with Crippen LogP contribution in [0, 0.1) is 5.82 Å². The molecule has 0 aromatic heterocycles. The minimum absolute atomic E-state index is 0.00973. The van der Waals surface area contributed by atoms with Crippen LogP contribution in [0.1, 0.15) is 13.3 Å². The van der Waals surface area contributed by atoms with E-state index in [1.165, 1.54) is 24.3 Å². The number of carbonyl (C=O) groups excluding carboxylic acids is 2. The summed E-state index contributed by atoms with van der Waals surface area (Å²) in [6.07, 6.45) is 0.00973. The van der Waals surface area contributed by atoms with E-state index in [-0.39, 0.29) is 18.0 Å². The van der Waals surface area contributed by atoms with Crippen molar-refractivity contribution in [2.24, 2.45) is 0 Å². The zero-order chi connectivity index (χ0) is 17.1. The van der Waals surface area contributed by atoms with Gasteiger partial charge in [-0.05, 0) is 37.3 Å². The van der Waals surface area contributed by atoms with Crippen molar-refractivity contribution in [3.05, 3.63) is 54.3 Å². The lowest BCUT2D eigenvalue weighted by Crippen LogP contribution is -2.34. The number of hydrogen-bond acceptors (Lipinski definition) is 4. The molecule has 124 valence electrons. The van der Waals surface area contributed by atoms with Crippen molar-refractivity contribution in [3.8, 4) is 5.75 Å². The second kappa shape index (κ2) is 6.70. The molecule has 0 aliphatic carbocycles. The number of rotatable bonds is 5. The van der Waals surface area contributed by atoms with E-state index in [9.17, 15) is 14.0 Å². The first-order valence-corrected chi connectivity index (χ1v) is 7.71. The molecule has 0 saturated carbocycles. The third-order valence-electron chi connectivity index (χ3n) is 3.73. The van der Waals surface area contributed by atoms with Crippen LogP contribution in [0.3, 0.4) is 0 Å². The minimum atomic E-state index is -0.706. The largest absolute Gasteiger partial charge is 0.492 e. The molecular formula is C18H17FN2O3. The van der Waals surface area contributed by atoms with Gasteiger partial charge in [-0.1, -0.05) is 18.2 Å². The molecule has 1 fully saturated rings. The highest BCUT2D eigenvalue weighted by molar-refractivity contribution is 6.23. The molecule has 1 aliphatic rings. The first-order valence-electron chi connectivity index (χ1n) is 7.71. The highest BCUT2D eigenvalue weighted by Gasteiger charge is 2.39. The SMILES string of the molecule is CCOc1ccccc1N[C@@H]1CC(=O)N(c2cccc(F)c2)C1=O. The van der Waals surface area contributed by atoms with E-state index in [0.717, 1.165) is 4.90 Å². The molecule has 1 heterocycles. The summed E-state index contributed by atoms with van der Waals surface area (Å²) in [6.45, 7) is 2.36. The number of nitrogens with zero attached hydrogens (tertiary/aromatic N) is 1. The number of halogens is 1. The number of hydrogen-bond donors (Lipinski definition) is 1. The van der Waals surface area contributed by atoms with Crippen LogP contribution >= 0.6 is 0 Å². The predicted molar refractivity (Wildman–Crippen MR) is 88.5 cm³/mol. The van der Waals surface area contributed by atoms with Crippen molar-refractivity contribution in [2.45, 2.75) is 19.4 Å². The lowest BCUT2D eigenvalue weighted by Gasteiger charge is -2.17. The molecular weight excluding hydrogens is 311 g/mol. The number of benzene rings is 2. The smallest absolute Gasteiger partial charge is 0.256 e. The monoisotopic (exact) mass is 328 g/mol. The fourth-order valence-electron chi connectivity index (χ4n) is 2.69. The first-order chi connectivity index (χ1) is 11.6. The van der Waals surface area contributed by atoms with Crippen LogP contribution in [-0.2, 0) is 9.59 Å². The van der Waals surface area contributed by atoms with Gasteiger partial charge in [0.2, 0.25) is 5.91 Å². The maximum Gasteiger partial charge on any atom is 0.256 e. The normalized spacial score (nSPS) is 17.2. The van der Waals surface area contributed by atoms with Gasteiger partial charge in [0.25, 0.3) is 5.91 Å². The molecule has 0 radical (unpaired) electrons. The molecule has 1 saturated heterocycles. The summed E-state index contributed by atoms with van der Waals surface area (Å²) in [7, 11) is 0. The summed E-state index contributed by atoms with van der Waals surface area (Å²) in [5.74, 6) is -0.649. The van der Waals surface area contributed by atoms with Gasteiger partial charge < -0.3 is 10.1 Å². The Bertz CT molecular complexity index is 778. The van der Waals surface area contributed by atoms with Gasteiger partial charge in [-0.15, -0.1) is 0 Å². The Morgan fingerprint density at radius 1 is 1.21 bits per heavy atom. The van der Waals surface area contributed by atoms with E-state index in [1.54, 1.807) is 12.1 Å². The zero-order valence-electron chi connectivity index (χ0n) is 13.2. The quantitative estimate of drug-likeness (QED) is 0.857. The fourth-order valence-corrected chi connectivity index (χ4v) is 2.69. The Balaban J connectivity index is 1.82. The Labute approximate surface area is 139 Å². The molecule has 1 atom stereocenters. The summed E-state index contributed by atoms with van der Waals surface area (Å²) in [5, 5.41) is 3.06. The van der Waals surface area contributed by atoms with Gasteiger partial charge in [-0.2, -0.15) is 0 Å². The fraction of sp³-hybridized carbons (Fsp3) is 0.222. The first kappa shape index (κ1) is 16.0. The Hall–Kier alpha value is -2.89. The van der Waals surface area contributed by atoms with Gasteiger partial charge in [-0.25, -0.2) is 9.29 Å². The Kier molecular flexibility index (Phi) is 4.46. The van der Waals surface area contributed by atoms with E-state index in [4.69, 9.17) is 4.74 Å². The number of anilines is 2. The van der Waals surface area contributed by atoms with Gasteiger partial charge in [0, 0.05) is 0 Å². The second-order valence-corrected chi connectivity index (χ2v) is 5.38. The molecule has 2 aromatic carbocycles. The van der Waals surface area contributed by atoms with Gasteiger partial charge >= 0.3 is 0 Å². The van der Waals surface area contributed by atoms with E-state index in [2.05, 4.69) is 5.32 Å². The topological polar surface area (TPSA) is 58.6 Å². The number of imide groups is 1. The summed E-state index contributed by atoms with van der Waals surface area (Å²) < 4.78 is 18.9. The number of para-hydroxylation sites is 2. The van der Waals surface area contributed by atoms with Crippen molar-refractivity contribution >= 4 is 23.2 Å². The Morgan fingerprint density at radius 2 is 2.00 bits per heavy atom. The molecule has 6 heteroatoms. The van der Waals surface area contributed by atoms with Crippen molar-refractivity contribution in [1.29, 1.82) is 0 Å². The van der Waals surface area contributed by atoms with E-state index < -0.39 is 17.8 Å². The van der Waals surface area contributed by atoms with Crippen LogP contribution < -0.4 is 15.0 Å². The maximum absolute atomic E-state index is 13.4. The third kappa shape index (κ3) is 3.08. The molecule has 1 N–H and O–H groups in total. The standard InChI is InChI=1S/C18H17FN2O3/c1-2-24-16-9-4-3-8-14(16)20-15-11-17(22)21(18(15)23)13-7-5-6-12(19)10-13/h3-10,15,20H,2,11H2,1H3/t15-/m1/s1. The number of amides is 2. The molecule has 5 nitrogen and oxygen atoms in total. The van der Waals surface area contributed by atoms with Crippen LogP contribution in [0.2, 0.25) is 0 Å². The molecule has 2 amide bonds. The van der Waals surface area contributed by atoms with Gasteiger partial charge in [0.1, 0.15) is 17.6 Å². The summed E-state index contributed by atoms with van der Waals surface area (Å²) >= 11 is 0. The molecule has 0 spiro atoms. The minimum Gasteiger partial charge on any atom is -0.492 e. The highest BCUT2D eigenvalue weighted by atomic mass is 19.1. The second-order valence-electron chi connectivity index (χ2n) is 5.38. The summed E-state index contributed by atoms with van der Waals surface area (Å²) in [6, 6.07) is 12.0. The van der Waals surface area contributed by atoms with Crippen molar-refractivity contribution < 1.29 is 18.7 Å². The number of nitrogens with one attached hydrogen (secondary N) is 1. The summed E-state index contributed by atoms with van der Waals surface area (Å²) in [5.41, 5.74) is 0.888. The average molecular weight is 328 g/mol. The maximum atomic E-state index is 13.4.